The molecule has 0 aliphatic heterocycles. The molecule has 0 saturated heterocycles. The van der Waals surface area contributed by atoms with Crippen molar-refractivity contribution < 1.29 is 9.50 Å². The maximum absolute atomic E-state index is 13.1. The molecule has 4 heteroatoms. The number of aryl methyl sites for hydroxylation is 1. The van der Waals surface area contributed by atoms with Gasteiger partial charge in [-0.25, -0.2) is 4.39 Å². The van der Waals surface area contributed by atoms with E-state index in [1.807, 2.05) is 18.2 Å². The van der Waals surface area contributed by atoms with E-state index < -0.39 is 6.10 Å². The summed E-state index contributed by atoms with van der Waals surface area (Å²) >= 11 is 5.58. The van der Waals surface area contributed by atoms with Gasteiger partial charge in [-0.05, 0) is 76.5 Å². The van der Waals surface area contributed by atoms with E-state index >= 15 is 0 Å². The molecule has 0 aromatic heterocycles. The van der Waals surface area contributed by atoms with Gasteiger partial charge in [-0.2, -0.15) is 0 Å². The van der Waals surface area contributed by atoms with E-state index in [0.717, 1.165) is 24.7 Å². The van der Waals surface area contributed by atoms with Gasteiger partial charge in [0.25, 0.3) is 0 Å². The first-order valence-electron chi connectivity index (χ1n) is 5.38. The number of rotatable bonds is 2. The number of aliphatic hydroxyl groups excluding tert-OH is 1. The van der Waals surface area contributed by atoms with Crippen molar-refractivity contribution in [2.45, 2.75) is 13.0 Å². The van der Waals surface area contributed by atoms with Gasteiger partial charge in [-0.3, -0.25) is 0 Å². The van der Waals surface area contributed by atoms with E-state index in [2.05, 4.69) is 38.5 Å². The zero-order valence-electron chi connectivity index (χ0n) is 9.62. The summed E-state index contributed by atoms with van der Waals surface area (Å²) in [7, 11) is 0. The quantitative estimate of drug-likeness (QED) is 0.705. The third kappa shape index (κ3) is 2.92. The summed E-state index contributed by atoms with van der Waals surface area (Å²) in [6.45, 7) is 1.80. The third-order valence-corrected chi connectivity index (χ3v) is 4.25. The summed E-state index contributed by atoms with van der Waals surface area (Å²) in [6.07, 6.45) is -0.741. The molecular formula is C14H11BrFIO. The minimum absolute atomic E-state index is 0.285. The molecule has 0 radical (unpaired) electrons. The Labute approximate surface area is 127 Å². The van der Waals surface area contributed by atoms with E-state index in [9.17, 15) is 9.50 Å². The fraction of sp³-hybridized carbons (Fsp3) is 0.143. The second-order valence-electron chi connectivity index (χ2n) is 4.07. The van der Waals surface area contributed by atoms with Crippen molar-refractivity contribution in [2.24, 2.45) is 0 Å². The molecule has 0 aliphatic carbocycles. The van der Waals surface area contributed by atoms with Gasteiger partial charge < -0.3 is 5.11 Å². The average Bonchev–Trinajstić information content (AvgIpc) is 2.31. The number of hydrogen-bond donors (Lipinski definition) is 1. The molecule has 0 amide bonds. The monoisotopic (exact) mass is 420 g/mol. The molecule has 1 atom stereocenters. The van der Waals surface area contributed by atoms with Crippen LogP contribution in [0.3, 0.4) is 0 Å². The maximum Gasteiger partial charge on any atom is 0.123 e. The zero-order chi connectivity index (χ0) is 13.3. The van der Waals surface area contributed by atoms with Crippen molar-refractivity contribution >= 4 is 38.5 Å². The molecule has 0 heterocycles. The highest BCUT2D eigenvalue weighted by molar-refractivity contribution is 14.1. The molecule has 1 unspecified atom stereocenters. The predicted octanol–water partition coefficient (Wildman–Crippen LogP) is 4.58. The molecule has 0 spiro atoms. The molecule has 18 heavy (non-hydrogen) atoms. The first-order valence-corrected chi connectivity index (χ1v) is 7.25. The van der Waals surface area contributed by atoms with Crippen LogP contribution >= 0.6 is 38.5 Å². The highest BCUT2D eigenvalue weighted by atomic mass is 127. The van der Waals surface area contributed by atoms with Crippen LogP contribution in [-0.2, 0) is 0 Å². The summed E-state index contributed by atoms with van der Waals surface area (Å²) in [5.74, 6) is -0.285. The molecule has 2 aromatic carbocycles. The second kappa shape index (κ2) is 5.67. The molecule has 2 rings (SSSR count). The second-order valence-corrected chi connectivity index (χ2v) is 6.15. The minimum Gasteiger partial charge on any atom is -0.384 e. The van der Waals surface area contributed by atoms with Crippen molar-refractivity contribution in [3.05, 3.63) is 66.9 Å². The number of aliphatic hydroxyl groups is 1. The van der Waals surface area contributed by atoms with Crippen molar-refractivity contribution in [3.63, 3.8) is 0 Å². The standard InChI is InChI=1S/C14H11BrFIO/c1-8-6-10(16)3-4-11(8)14(18)12-7-9(15)2-5-13(12)17/h2-7,14,18H,1H3. The van der Waals surface area contributed by atoms with Crippen LogP contribution in [0.25, 0.3) is 0 Å². The fourth-order valence-corrected chi connectivity index (χ4v) is 2.85. The lowest BCUT2D eigenvalue weighted by atomic mass is 9.97. The number of halogens is 3. The van der Waals surface area contributed by atoms with Gasteiger partial charge in [0.05, 0.1) is 0 Å². The van der Waals surface area contributed by atoms with Gasteiger partial charge in [0.2, 0.25) is 0 Å². The van der Waals surface area contributed by atoms with Crippen LogP contribution in [0.1, 0.15) is 22.8 Å². The van der Waals surface area contributed by atoms with Crippen LogP contribution in [0.4, 0.5) is 4.39 Å². The largest absolute Gasteiger partial charge is 0.384 e. The summed E-state index contributed by atoms with van der Waals surface area (Å²) < 4.78 is 15.0. The zero-order valence-corrected chi connectivity index (χ0v) is 13.4. The first-order chi connectivity index (χ1) is 8.49. The van der Waals surface area contributed by atoms with Gasteiger partial charge >= 0.3 is 0 Å². The molecule has 0 fully saturated rings. The van der Waals surface area contributed by atoms with Gasteiger partial charge in [0.15, 0.2) is 0 Å². The van der Waals surface area contributed by atoms with Gasteiger partial charge in [-0.15, -0.1) is 0 Å². The molecule has 2 aromatic rings. The SMILES string of the molecule is Cc1cc(F)ccc1C(O)c1cc(Br)ccc1I. The fourth-order valence-electron chi connectivity index (χ4n) is 1.84. The summed E-state index contributed by atoms with van der Waals surface area (Å²) in [4.78, 5) is 0. The Morgan fingerprint density at radius 1 is 1.17 bits per heavy atom. The lowest BCUT2D eigenvalue weighted by Gasteiger charge is -2.16. The molecule has 0 aliphatic rings. The number of benzene rings is 2. The Bertz CT molecular complexity index is 586. The maximum atomic E-state index is 13.1. The van der Waals surface area contributed by atoms with Crippen molar-refractivity contribution in [1.29, 1.82) is 0 Å². The third-order valence-electron chi connectivity index (χ3n) is 2.78. The molecule has 0 saturated carbocycles. The van der Waals surface area contributed by atoms with Gasteiger partial charge in [-0.1, -0.05) is 22.0 Å². The van der Waals surface area contributed by atoms with E-state index in [-0.39, 0.29) is 5.82 Å². The van der Waals surface area contributed by atoms with Crippen LogP contribution in [-0.4, -0.2) is 5.11 Å². The van der Waals surface area contributed by atoms with Crippen molar-refractivity contribution in [3.8, 4) is 0 Å². The lowest BCUT2D eigenvalue weighted by Crippen LogP contribution is -2.04. The van der Waals surface area contributed by atoms with E-state index in [1.165, 1.54) is 12.1 Å². The van der Waals surface area contributed by atoms with Gasteiger partial charge in [0, 0.05) is 8.04 Å². The summed E-state index contributed by atoms with van der Waals surface area (Å²) in [5.41, 5.74) is 2.30. The van der Waals surface area contributed by atoms with E-state index in [4.69, 9.17) is 0 Å². The predicted molar refractivity (Wildman–Crippen MR) is 82.1 cm³/mol. The molecule has 1 nitrogen and oxygen atoms in total. The van der Waals surface area contributed by atoms with Crippen LogP contribution < -0.4 is 0 Å². The smallest absolute Gasteiger partial charge is 0.123 e. The van der Waals surface area contributed by atoms with Gasteiger partial charge in [0.1, 0.15) is 11.9 Å². The first kappa shape index (κ1) is 14.0. The average molecular weight is 421 g/mol. The van der Waals surface area contributed by atoms with Crippen LogP contribution in [0, 0.1) is 16.3 Å². The van der Waals surface area contributed by atoms with Crippen molar-refractivity contribution in [1.82, 2.24) is 0 Å². The molecular weight excluding hydrogens is 410 g/mol. The highest BCUT2D eigenvalue weighted by Crippen LogP contribution is 2.30. The summed E-state index contributed by atoms with van der Waals surface area (Å²) in [6, 6.07) is 10.2. The molecule has 1 N–H and O–H groups in total. The molecule has 94 valence electrons. The minimum atomic E-state index is -0.741. The topological polar surface area (TPSA) is 20.2 Å². The highest BCUT2D eigenvalue weighted by Gasteiger charge is 2.16. The van der Waals surface area contributed by atoms with Crippen LogP contribution in [0.2, 0.25) is 0 Å². The Hall–Kier alpha value is -0.460. The van der Waals surface area contributed by atoms with Crippen LogP contribution in [0.15, 0.2) is 40.9 Å². The van der Waals surface area contributed by atoms with E-state index in [0.29, 0.717) is 0 Å². The number of hydrogen-bond acceptors (Lipinski definition) is 1. The Morgan fingerprint density at radius 2 is 1.89 bits per heavy atom. The Morgan fingerprint density at radius 3 is 2.56 bits per heavy atom. The Balaban J connectivity index is 2.47. The van der Waals surface area contributed by atoms with Crippen molar-refractivity contribution in [2.75, 3.05) is 0 Å². The Kier molecular flexibility index (Phi) is 4.40. The lowest BCUT2D eigenvalue weighted by molar-refractivity contribution is 0.218. The normalized spacial score (nSPS) is 12.5. The summed E-state index contributed by atoms with van der Waals surface area (Å²) in [5, 5.41) is 10.4. The van der Waals surface area contributed by atoms with Crippen LogP contribution in [0.5, 0.6) is 0 Å². The molecule has 0 bridgehead atoms. The van der Waals surface area contributed by atoms with E-state index in [1.54, 1.807) is 13.0 Å².